The topological polar surface area (TPSA) is 74.0 Å². The van der Waals surface area contributed by atoms with Gasteiger partial charge in [0.2, 0.25) is 0 Å². The third kappa shape index (κ3) is 5.41. The Morgan fingerprint density at radius 1 is 0.706 bits per heavy atom. The van der Waals surface area contributed by atoms with Gasteiger partial charge < -0.3 is 15.6 Å². The molecule has 1 aromatic heterocycles. The Balaban J connectivity index is 1.41. The maximum Gasteiger partial charge on any atom is 0.253 e. The van der Waals surface area contributed by atoms with Crippen molar-refractivity contribution in [1.29, 1.82) is 0 Å². The second-order valence-corrected chi connectivity index (χ2v) is 9.21. The number of hydrogen-bond donors (Lipinski definition) is 3. The number of aryl methyl sites for hydroxylation is 2. The van der Waals surface area contributed by atoms with Gasteiger partial charge in [-0.15, -0.1) is 0 Å². The molecule has 178 valence electrons. The van der Waals surface area contributed by atoms with E-state index in [2.05, 4.69) is 59.8 Å². The van der Waals surface area contributed by atoms with Gasteiger partial charge in [-0.25, -0.2) is 0 Å². The second-order valence-electron chi connectivity index (χ2n) is 9.21. The summed E-state index contributed by atoms with van der Waals surface area (Å²) < 4.78 is 0. The van der Waals surface area contributed by atoms with Gasteiger partial charge in [-0.2, -0.15) is 0 Å². The fraction of sp³-hybridized carbons (Fsp3) is 0.379. The predicted octanol–water partition coefficient (Wildman–Crippen LogP) is 7.11. The zero-order chi connectivity index (χ0) is 23.9. The van der Waals surface area contributed by atoms with E-state index in [-0.39, 0.29) is 0 Å². The number of aromatic amines is 1. The van der Waals surface area contributed by atoms with E-state index in [4.69, 9.17) is 0 Å². The van der Waals surface area contributed by atoms with Crippen molar-refractivity contribution in [3.63, 3.8) is 0 Å². The number of fused-ring (bicyclic) bond motifs is 1. The molecule has 0 amide bonds. The van der Waals surface area contributed by atoms with Crippen LogP contribution in [0.3, 0.4) is 0 Å². The Morgan fingerprint density at radius 2 is 1.38 bits per heavy atom. The average molecular weight is 458 g/mol. The van der Waals surface area contributed by atoms with E-state index in [1.807, 2.05) is 18.3 Å². The van der Waals surface area contributed by atoms with Crippen LogP contribution >= 0.6 is 0 Å². The van der Waals surface area contributed by atoms with Crippen LogP contribution < -0.4 is 21.5 Å². The van der Waals surface area contributed by atoms with E-state index in [1.165, 1.54) is 49.7 Å². The Hall–Kier alpha value is -3.34. The zero-order valence-electron chi connectivity index (χ0n) is 20.3. The summed E-state index contributed by atoms with van der Waals surface area (Å²) in [7, 11) is 0. The summed E-state index contributed by atoms with van der Waals surface area (Å²) in [6, 6.07) is 14.5. The van der Waals surface area contributed by atoms with Crippen LogP contribution in [0, 0.1) is 0 Å². The highest BCUT2D eigenvalue weighted by Crippen LogP contribution is 2.30. The fourth-order valence-corrected chi connectivity index (χ4v) is 4.49. The van der Waals surface area contributed by atoms with Gasteiger partial charge in [0.1, 0.15) is 11.4 Å². The molecular weight excluding hydrogens is 422 g/mol. The number of rotatable bonds is 13. The maximum absolute atomic E-state index is 12.3. The molecule has 0 bridgehead atoms. The molecule has 0 aliphatic heterocycles. The van der Waals surface area contributed by atoms with Crippen LogP contribution in [-0.4, -0.2) is 4.98 Å². The molecule has 4 aromatic rings. The van der Waals surface area contributed by atoms with Crippen molar-refractivity contribution < 1.29 is 0 Å². The summed E-state index contributed by atoms with van der Waals surface area (Å²) in [4.78, 5) is 27.9. The summed E-state index contributed by atoms with van der Waals surface area (Å²) in [5, 5.41) is 7.37. The Morgan fingerprint density at radius 3 is 2.12 bits per heavy atom. The maximum atomic E-state index is 12.3. The van der Waals surface area contributed by atoms with Gasteiger partial charge in [0.05, 0.1) is 5.69 Å². The summed E-state index contributed by atoms with van der Waals surface area (Å²) in [5.41, 5.74) is 4.84. The largest absolute Gasteiger partial charge is 0.359 e. The summed E-state index contributed by atoms with van der Waals surface area (Å²) in [6.07, 6.45) is 12.7. The van der Waals surface area contributed by atoms with Gasteiger partial charge in [-0.05, 0) is 54.7 Å². The predicted molar refractivity (Wildman–Crippen MR) is 144 cm³/mol. The molecule has 0 fully saturated rings. The zero-order valence-corrected chi connectivity index (χ0v) is 20.3. The van der Waals surface area contributed by atoms with Gasteiger partial charge in [0.15, 0.2) is 0 Å². The highest BCUT2D eigenvalue weighted by Gasteiger charge is 2.22. The lowest BCUT2D eigenvalue weighted by atomic mass is 10.0. The molecule has 1 heterocycles. The first-order chi connectivity index (χ1) is 16.6. The summed E-state index contributed by atoms with van der Waals surface area (Å²) in [6.45, 7) is 4.39. The molecule has 5 heteroatoms. The molecule has 0 aliphatic carbocycles. The molecule has 0 saturated carbocycles. The average Bonchev–Trinajstić information content (AvgIpc) is 3.26. The number of nitrogens with one attached hydrogen (secondary N) is 3. The first kappa shape index (κ1) is 23.8. The smallest absolute Gasteiger partial charge is 0.253 e. The van der Waals surface area contributed by atoms with Crippen LogP contribution in [0.15, 0.2) is 58.3 Å². The molecule has 0 saturated heterocycles. The Labute approximate surface area is 201 Å². The van der Waals surface area contributed by atoms with Gasteiger partial charge >= 0.3 is 0 Å². The van der Waals surface area contributed by atoms with E-state index >= 15 is 0 Å². The highest BCUT2D eigenvalue weighted by molar-refractivity contribution is 5.96. The number of aromatic nitrogens is 1. The minimum absolute atomic E-state index is 0.322. The van der Waals surface area contributed by atoms with Crippen molar-refractivity contribution in [3.05, 3.63) is 80.2 Å². The van der Waals surface area contributed by atoms with Crippen LogP contribution in [0.25, 0.3) is 10.9 Å². The SMILES string of the molecule is CCCCCCCCc1ccc(Nc2c(Nc3c[nH]c4ccc(CCC)cc34)c(=O)c2=O)cc1. The lowest BCUT2D eigenvalue weighted by Crippen LogP contribution is -2.35. The molecule has 0 unspecified atom stereocenters. The minimum Gasteiger partial charge on any atom is -0.359 e. The molecule has 0 radical (unpaired) electrons. The van der Waals surface area contributed by atoms with Crippen LogP contribution in [-0.2, 0) is 12.8 Å². The lowest BCUT2D eigenvalue weighted by molar-refractivity contribution is 0.607. The van der Waals surface area contributed by atoms with E-state index in [9.17, 15) is 9.59 Å². The number of hydrogen-bond acceptors (Lipinski definition) is 4. The molecule has 3 aromatic carbocycles. The second kappa shape index (κ2) is 11.2. The van der Waals surface area contributed by atoms with Crippen LogP contribution in [0.2, 0.25) is 0 Å². The van der Waals surface area contributed by atoms with Crippen molar-refractivity contribution in [3.8, 4) is 0 Å². The fourth-order valence-electron chi connectivity index (χ4n) is 4.49. The van der Waals surface area contributed by atoms with Crippen molar-refractivity contribution in [1.82, 2.24) is 4.98 Å². The third-order valence-electron chi connectivity index (χ3n) is 6.50. The van der Waals surface area contributed by atoms with E-state index in [0.717, 1.165) is 41.5 Å². The molecule has 0 atom stereocenters. The van der Waals surface area contributed by atoms with Crippen molar-refractivity contribution in [2.24, 2.45) is 0 Å². The summed E-state index contributed by atoms with van der Waals surface area (Å²) in [5.74, 6) is 0. The van der Waals surface area contributed by atoms with Gasteiger partial charge in [-0.3, -0.25) is 9.59 Å². The number of H-pyrrole nitrogens is 1. The van der Waals surface area contributed by atoms with Gasteiger partial charge in [0.25, 0.3) is 10.9 Å². The van der Waals surface area contributed by atoms with Crippen molar-refractivity contribution >= 4 is 33.7 Å². The van der Waals surface area contributed by atoms with E-state index in [1.54, 1.807) is 0 Å². The number of unbranched alkanes of at least 4 members (excludes halogenated alkanes) is 5. The molecular formula is C29H35N3O2. The van der Waals surface area contributed by atoms with Crippen LogP contribution in [0.1, 0.15) is 69.9 Å². The lowest BCUT2D eigenvalue weighted by Gasteiger charge is -2.15. The third-order valence-corrected chi connectivity index (χ3v) is 6.50. The first-order valence-corrected chi connectivity index (χ1v) is 12.7. The van der Waals surface area contributed by atoms with Crippen LogP contribution in [0.4, 0.5) is 22.7 Å². The van der Waals surface area contributed by atoms with E-state index < -0.39 is 10.9 Å². The summed E-state index contributed by atoms with van der Waals surface area (Å²) >= 11 is 0. The van der Waals surface area contributed by atoms with Crippen molar-refractivity contribution in [2.75, 3.05) is 10.6 Å². The molecule has 0 aliphatic rings. The number of benzene rings is 2. The number of anilines is 4. The first-order valence-electron chi connectivity index (χ1n) is 12.7. The van der Waals surface area contributed by atoms with Gasteiger partial charge in [0, 0.05) is 22.8 Å². The van der Waals surface area contributed by atoms with E-state index in [0.29, 0.717) is 11.4 Å². The molecule has 0 spiro atoms. The Kier molecular flexibility index (Phi) is 7.84. The highest BCUT2D eigenvalue weighted by atomic mass is 16.2. The minimum atomic E-state index is -0.485. The van der Waals surface area contributed by atoms with Crippen molar-refractivity contribution in [2.45, 2.75) is 71.6 Å². The Bertz CT molecular complexity index is 1290. The monoisotopic (exact) mass is 457 g/mol. The molecule has 4 rings (SSSR count). The van der Waals surface area contributed by atoms with Crippen LogP contribution in [0.5, 0.6) is 0 Å². The normalized spacial score (nSPS) is 11.4. The molecule has 3 N–H and O–H groups in total. The van der Waals surface area contributed by atoms with Gasteiger partial charge in [-0.1, -0.05) is 70.6 Å². The molecule has 5 nitrogen and oxygen atoms in total. The standard InChI is InChI=1S/C29H35N3O2/c1-3-5-6-7-8-9-11-20-12-15-22(16-13-20)31-26-27(29(34)28(26)33)32-25-19-30-24-17-14-21(10-4-2)18-23(24)25/h12-19,30-32H,3-11H2,1-2H3. The quantitative estimate of drug-likeness (QED) is 0.148. The molecule has 34 heavy (non-hydrogen) atoms.